The van der Waals surface area contributed by atoms with E-state index in [1.807, 2.05) is 24.1 Å². The Balaban J connectivity index is 1.49. The lowest BCUT2D eigenvalue weighted by Crippen LogP contribution is -2.35. The summed E-state index contributed by atoms with van der Waals surface area (Å²) in [7, 11) is 3.70. The van der Waals surface area contributed by atoms with Gasteiger partial charge < -0.3 is 18.8 Å². The van der Waals surface area contributed by atoms with Gasteiger partial charge in [0.25, 0.3) is 5.91 Å². The predicted octanol–water partition coefficient (Wildman–Crippen LogP) is 6.06. The SMILES string of the molecule is COc1cc(C(=O)N2CCCCC2)cc2nc(-c3cc4scc(Br)c4n3CC3CC3)n(C)c12. The van der Waals surface area contributed by atoms with Crippen LogP contribution in [0, 0.1) is 5.92 Å². The summed E-state index contributed by atoms with van der Waals surface area (Å²) in [6.45, 7) is 2.66. The van der Waals surface area contributed by atoms with Gasteiger partial charge in [0.1, 0.15) is 11.3 Å². The van der Waals surface area contributed by atoms with Crippen molar-refractivity contribution in [2.24, 2.45) is 13.0 Å². The molecule has 2 aliphatic rings. The molecule has 0 radical (unpaired) electrons. The number of rotatable bonds is 5. The third-order valence-electron chi connectivity index (χ3n) is 6.99. The number of nitrogens with zero attached hydrogens (tertiary/aromatic N) is 4. The number of halogens is 1. The number of piperidine rings is 1. The topological polar surface area (TPSA) is 52.3 Å². The number of carbonyl (C=O) groups excluding carboxylic acids is 1. The number of aromatic nitrogens is 3. The highest BCUT2D eigenvalue weighted by Crippen LogP contribution is 2.41. The molecule has 1 amide bonds. The van der Waals surface area contributed by atoms with E-state index in [1.54, 1.807) is 18.4 Å². The molecule has 8 heteroatoms. The Bertz CT molecular complexity index is 1370. The first-order chi connectivity index (χ1) is 16.0. The lowest BCUT2D eigenvalue weighted by molar-refractivity contribution is 0.0724. The van der Waals surface area contributed by atoms with E-state index in [0.717, 1.165) is 65.4 Å². The van der Waals surface area contributed by atoms with E-state index in [9.17, 15) is 4.79 Å². The summed E-state index contributed by atoms with van der Waals surface area (Å²) in [6.07, 6.45) is 5.93. The number of likely N-dealkylation sites (tertiary alicyclic amines) is 1. The molecule has 0 N–H and O–H groups in total. The van der Waals surface area contributed by atoms with Gasteiger partial charge in [-0.1, -0.05) is 0 Å². The zero-order valence-electron chi connectivity index (χ0n) is 18.9. The number of aryl methyl sites for hydroxylation is 1. The van der Waals surface area contributed by atoms with Gasteiger partial charge in [-0.25, -0.2) is 4.98 Å². The van der Waals surface area contributed by atoms with E-state index in [1.165, 1.54) is 29.5 Å². The fraction of sp³-hybridized carbons (Fsp3) is 0.440. The van der Waals surface area contributed by atoms with Crippen LogP contribution in [0.4, 0.5) is 0 Å². The molecule has 0 atom stereocenters. The van der Waals surface area contributed by atoms with Crippen molar-refractivity contribution < 1.29 is 9.53 Å². The molecule has 1 aliphatic heterocycles. The van der Waals surface area contributed by atoms with Crippen molar-refractivity contribution in [3.63, 3.8) is 0 Å². The monoisotopic (exact) mass is 526 g/mol. The van der Waals surface area contributed by atoms with Crippen molar-refractivity contribution in [1.29, 1.82) is 0 Å². The van der Waals surface area contributed by atoms with Crippen LogP contribution >= 0.6 is 27.3 Å². The standard InChI is InChI=1S/C25H27BrN4O2S/c1-28-23-18(10-16(11-20(23)32-2)25(31)29-8-4-3-5-9-29)27-24(28)19-12-21-22(17(26)14-33-21)30(19)13-15-6-7-15/h10-12,14-15H,3-9,13H2,1-2H3. The Hall–Kier alpha value is -2.32. The molecule has 1 aliphatic carbocycles. The summed E-state index contributed by atoms with van der Waals surface area (Å²) in [5.41, 5.74) is 4.75. The molecule has 3 aromatic heterocycles. The minimum absolute atomic E-state index is 0.0728. The number of carbonyl (C=O) groups is 1. The van der Waals surface area contributed by atoms with Crippen LogP contribution in [0.15, 0.2) is 28.1 Å². The van der Waals surface area contributed by atoms with Crippen molar-refractivity contribution in [2.75, 3.05) is 20.2 Å². The lowest BCUT2D eigenvalue weighted by Gasteiger charge is -2.26. The van der Waals surface area contributed by atoms with Crippen molar-refractivity contribution in [1.82, 2.24) is 19.0 Å². The van der Waals surface area contributed by atoms with Gasteiger partial charge >= 0.3 is 0 Å². The van der Waals surface area contributed by atoms with Gasteiger partial charge in [-0.3, -0.25) is 4.79 Å². The average molecular weight is 527 g/mol. The molecule has 1 aromatic carbocycles. The summed E-state index contributed by atoms with van der Waals surface area (Å²) in [6, 6.07) is 6.06. The summed E-state index contributed by atoms with van der Waals surface area (Å²) < 4.78 is 12.7. The summed E-state index contributed by atoms with van der Waals surface area (Å²) >= 11 is 5.51. The largest absolute Gasteiger partial charge is 0.494 e. The van der Waals surface area contributed by atoms with Crippen molar-refractivity contribution in [3.8, 4) is 17.3 Å². The maximum atomic E-state index is 13.2. The molecule has 2 fully saturated rings. The number of fused-ring (bicyclic) bond motifs is 2. The predicted molar refractivity (Wildman–Crippen MR) is 136 cm³/mol. The Kier molecular flexibility index (Phi) is 5.25. The second-order valence-electron chi connectivity index (χ2n) is 9.27. The maximum Gasteiger partial charge on any atom is 0.254 e. The highest BCUT2D eigenvalue weighted by molar-refractivity contribution is 9.10. The van der Waals surface area contributed by atoms with Gasteiger partial charge in [0, 0.05) is 37.6 Å². The number of methoxy groups -OCH3 is 1. The molecule has 6 rings (SSSR count). The molecule has 1 saturated carbocycles. The molecule has 33 heavy (non-hydrogen) atoms. The average Bonchev–Trinajstić information content (AvgIpc) is 3.36. The Labute approximate surface area is 205 Å². The number of benzene rings is 1. The van der Waals surface area contributed by atoms with Crippen molar-refractivity contribution in [3.05, 3.63) is 33.6 Å². The molecule has 172 valence electrons. The van der Waals surface area contributed by atoms with Crippen LogP contribution in [-0.2, 0) is 13.6 Å². The van der Waals surface area contributed by atoms with Crippen LogP contribution in [0.3, 0.4) is 0 Å². The number of thiophene rings is 1. The van der Waals surface area contributed by atoms with Gasteiger partial charge in [-0.05, 0) is 72.2 Å². The summed E-state index contributed by atoms with van der Waals surface area (Å²) in [5.74, 6) is 2.41. The first-order valence-electron chi connectivity index (χ1n) is 11.7. The Morgan fingerprint density at radius 3 is 2.70 bits per heavy atom. The van der Waals surface area contributed by atoms with E-state index >= 15 is 0 Å². The fourth-order valence-electron chi connectivity index (χ4n) is 5.06. The number of ether oxygens (including phenoxy) is 1. The Morgan fingerprint density at radius 2 is 1.97 bits per heavy atom. The summed E-state index contributed by atoms with van der Waals surface area (Å²) in [5, 5.41) is 2.16. The smallest absolute Gasteiger partial charge is 0.254 e. The zero-order chi connectivity index (χ0) is 22.7. The highest BCUT2D eigenvalue weighted by atomic mass is 79.9. The molecule has 6 nitrogen and oxygen atoms in total. The third-order valence-corrected chi connectivity index (χ3v) is 8.81. The van der Waals surface area contributed by atoms with E-state index in [0.29, 0.717) is 11.3 Å². The van der Waals surface area contributed by atoms with Crippen molar-refractivity contribution in [2.45, 2.75) is 38.6 Å². The van der Waals surface area contributed by atoms with E-state index in [4.69, 9.17) is 9.72 Å². The quantitative estimate of drug-likeness (QED) is 0.317. The molecule has 4 heterocycles. The van der Waals surface area contributed by atoms with Crippen molar-refractivity contribution >= 4 is 54.4 Å². The fourth-order valence-corrected chi connectivity index (χ4v) is 6.76. The molecule has 0 spiro atoms. The third kappa shape index (κ3) is 3.58. The summed E-state index contributed by atoms with van der Waals surface area (Å²) in [4.78, 5) is 20.2. The normalized spacial score (nSPS) is 16.8. The Morgan fingerprint density at radius 1 is 1.18 bits per heavy atom. The molecular weight excluding hydrogens is 500 g/mol. The second kappa shape index (κ2) is 8.17. The van der Waals surface area contributed by atoms with Crippen LogP contribution in [-0.4, -0.2) is 45.1 Å². The molecule has 4 aromatic rings. The van der Waals surface area contributed by atoms with Gasteiger partial charge in [0.15, 0.2) is 5.82 Å². The lowest BCUT2D eigenvalue weighted by atomic mass is 10.1. The molecule has 0 unspecified atom stereocenters. The molecule has 0 bridgehead atoms. The van der Waals surface area contributed by atoms with Gasteiger partial charge in [0.2, 0.25) is 0 Å². The van der Waals surface area contributed by atoms with Crippen LogP contribution in [0.2, 0.25) is 0 Å². The van der Waals surface area contributed by atoms with Crippen LogP contribution in [0.5, 0.6) is 5.75 Å². The van der Waals surface area contributed by atoms with Gasteiger partial charge in [-0.2, -0.15) is 0 Å². The zero-order valence-corrected chi connectivity index (χ0v) is 21.3. The number of imidazole rings is 1. The highest BCUT2D eigenvalue weighted by Gasteiger charge is 2.28. The second-order valence-corrected chi connectivity index (χ2v) is 11.0. The number of hydrogen-bond acceptors (Lipinski definition) is 4. The number of hydrogen-bond donors (Lipinski definition) is 0. The van der Waals surface area contributed by atoms with Crippen LogP contribution in [0.1, 0.15) is 42.5 Å². The van der Waals surface area contributed by atoms with Gasteiger partial charge in [-0.15, -0.1) is 11.3 Å². The number of amides is 1. The van der Waals surface area contributed by atoms with E-state index in [2.05, 4.69) is 36.5 Å². The molecular formula is C25H27BrN4O2S. The first-order valence-corrected chi connectivity index (χ1v) is 13.3. The molecule has 1 saturated heterocycles. The minimum atomic E-state index is 0.0728. The van der Waals surface area contributed by atoms with Crippen LogP contribution in [0.25, 0.3) is 32.8 Å². The first kappa shape index (κ1) is 21.2. The van der Waals surface area contributed by atoms with E-state index < -0.39 is 0 Å². The van der Waals surface area contributed by atoms with Crippen LogP contribution < -0.4 is 4.74 Å². The van der Waals surface area contributed by atoms with Gasteiger partial charge in [0.05, 0.1) is 33.0 Å². The van der Waals surface area contributed by atoms with E-state index in [-0.39, 0.29) is 5.91 Å². The maximum absolute atomic E-state index is 13.2. The minimum Gasteiger partial charge on any atom is -0.494 e.